The van der Waals surface area contributed by atoms with Crippen molar-refractivity contribution in [3.8, 4) is 23.0 Å². The number of hydrogen-bond acceptors (Lipinski definition) is 11. The highest BCUT2D eigenvalue weighted by Crippen LogP contribution is 2.56. The van der Waals surface area contributed by atoms with E-state index in [1.54, 1.807) is 25.1 Å². The molecule has 3 aromatic carbocycles. The molecule has 0 aromatic heterocycles. The van der Waals surface area contributed by atoms with E-state index in [2.05, 4.69) is 0 Å². The molecule has 1 aliphatic carbocycles. The molecule has 5 rings (SSSR count). The van der Waals surface area contributed by atoms with E-state index in [-0.39, 0.29) is 63.7 Å². The molecule has 9 N–H and O–H groups in total. The Balaban J connectivity index is 1.77. The number of aromatic hydroxyl groups is 3. The average Bonchev–Trinajstić information content (AvgIpc) is 2.87. The monoisotopic (exact) mass is 528 g/mol. The lowest BCUT2D eigenvalue weighted by Crippen LogP contribution is -2.52. The van der Waals surface area contributed by atoms with Crippen LogP contribution in [0.15, 0.2) is 18.2 Å². The van der Waals surface area contributed by atoms with E-state index >= 15 is 0 Å². The quantitative estimate of drug-likeness (QED) is 0.148. The summed E-state index contributed by atoms with van der Waals surface area (Å²) in [5, 5.41) is 56.2. The number of methoxy groups -OCH3 is 1. The third-order valence-electron chi connectivity index (χ3n) is 7.90. The van der Waals surface area contributed by atoms with Crippen LogP contribution in [0.1, 0.15) is 43.9 Å². The van der Waals surface area contributed by atoms with Gasteiger partial charge in [0.15, 0.2) is 12.1 Å². The van der Waals surface area contributed by atoms with Crippen LogP contribution in [0.5, 0.6) is 23.0 Å². The minimum absolute atomic E-state index is 0.0253. The number of aliphatic hydroxyl groups excluding tert-OH is 1. The lowest BCUT2D eigenvalue weighted by molar-refractivity contribution is -0.247. The summed E-state index contributed by atoms with van der Waals surface area (Å²) in [5.74, 6) is -1.38. The number of carbonyl (C=O) groups excluding carboxylic acids is 1. The van der Waals surface area contributed by atoms with E-state index in [0.29, 0.717) is 11.1 Å². The summed E-state index contributed by atoms with van der Waals surface area (Å²) in [6.45, 7) is 2.86. The fourth-order valence-corrected chi connectivity index (χ4v) is 5.76. The minimum atomic E-state index is -1.93. The smallest absolute Gasteiger partial charge is 0.161 e. The maximum Gasteiger partial charge on any atom is 0.161 e. The standard InChI is InChI=1S/C27H32N2O9/c1-10-23(31)14(28)7-17(37-10)38-16-9-27(35,11(2)30)8-13-19(16)26(34)20-21(25(13)33)24(32)12-5-4-6-15(36-3)18(12)22(20)29/h4-6,10,14,16-17,23,31-35H,7-9,28-29H2,1-3H3/t10-,14-,16-,17-,23+,27-/m0/s1. The van der Waals surface area contributed by atoms with Crippen LogP contribution in [-0.4, -0.2) is 68.6 Å². The first-order valence-corrected chi connectivity index (χ1v) is 12.3. The molecule has 0 unspecified atom stereocenters. The van der Waals surface area contributed by atoms with Crippen molar-refractivity contribution in [3.05, 3.63) is 29.3 Å². The zero-order chi connectivity index (χ0) is 27.7. The highest BCUT2D eigenvalue weighted by atomic mass is 16.7. The van der Waals surface area contributed by atoms with Crippen molar-refractivity contribution in [1.29, 1.82) is 0 Å². The van der Waals surface area contributed by atoms with Gasteiger partial charge in [0.25, 0.3) is 0 Å². The normalized spacial score (nSPS) is 29.4. The molecule has 1 aliphatic heterocycles. The van der Waals surface area contributed by atoms with Gasteiger partial charge in [-0.2, -0.15) is 0 Å². The number of rotatable bonds is 4. The molecule has 0 bridgehead atoms. The highest BCUT2D eigenvalue weighted by Gasteiger charge is 2.47. The van der Waals surface area contributed by atoms with Gasteiger partial charge in [-0.15, -0.1) is 0 Å². The molecular weight excluding hydrogens is 496 g/mol. The number of benzene rings is 3. The lowest BCUT2D eigenvalue weighted by atomic mass is 9.74. The first kappa shape index (κ1) is 26.3. The Kier molecular flexibility index (Phi) is 6.32. The van der Waals surface area contributed by atoms with Crippen LogP contribution < -0.4 is 16.2 Å². The van der Waals surface area contributed by atoms with Gasteiger partial charge in [-0.3, -0.25) is 4.79 Å². The van der Waals surface area contributed by atoms with Crippen LogP contribution >= 0.6 is 0 Å². The van der Waals surface area contributed by atoms with Gasteiger partial charge in [0.2, 0.25) is 0 Å². The molecule has 204 valence electrons. The third-order valence-corrected chi connectivity index (χ3v) is 7.90. The van der Waals surface area contributed by atoms with Crippen LogP contribution in [0.25, 0.3) is 21.5 Å². The predicted molar refractivity (Wildman–Crippen MR) is 138 cm³/mol. The largest absolute Gasteiger partial charge is 0.507 e. The molecule has 1 saturated heterocycles. The van der Waals surface area contributed by atoms with Crippen molar-refractivity contribution >= 4 is 33.0 Å². The molecule has 38 heavy (non-hydrogen) atoms. The van der Waals surface area contributed by atoms with Crippen LogP contribution in [-0.2, 0) is 20.7 Å². The fourth-order valence-electron chi connectivity index (χ4n) is 5.76. The lowest BCUT2D eigenvalue weighted by Gasteiger charge is -2.41. The van der Waals surface area contributed by atoms with Crippen LogP contribution in [0.4, 0.5) is 5.69 Å². The Morgan fingerprint density at radius 2 is 1.84 bits per heavy atom. The average molecular weight is 529 g/mol. The molecule has 0 saturated carbocycles. The molecule has 11 heteroatoms. The van der Waals surface area contributed by atoms with Gasteiger partial charge in [-0.25, -0.2) is 0 Å². The number of fused-ring (bicyclic) bond motifs is 3. The summed E-state index contributed by atoms with van der Waals surface area (Å²) in [6.07, 6.45) is -4.09. The van der Waals surface area contributed by atoms with E-state index in [1.807, 2.05) is 0 Å². The number of ether oxygens (including phenoxy) is 3. The third kappa shape index (κ3) is 3.81. The molecule has 2 aliphatic rings. The van der Waals surface area contributed by atoms with E-state index in [9.17, 15) is 30.3 Å². The summed E-state index contributed by atoms with van der Waals surface area (Å²) in [5.41, 5.74) is 10.8. The maximum absolute atomic E-state index is 12.5. The van der Waals surface area contributed by atoms with E-state index in [4.69, 9.17) is 25.7 Å². The first-order valence-electron chi connectivity index (χ1n) is 12.3. The van der Waals surface area contributed by atoms with Crippen molar-refractivity contribution < 1.29 is 44.5 Å². The second kappa shape index (κ2) is 9.14. The summed E-state index contributed by atoms with van der Waals surface area (Å²) >= 11 is 0. The number of hydrogen-bond donors (Lipinski definition) is 7. The zero-order valence-corrected chi connectivity index (χ0v) is 21.3. The van der Waals surface area contributed by atoms with Gasteiger partial charge in [-0.05, 0) is 19.9 Å². The number of phenols is 3. The summed E-state index contributed by atoms with van der Waals surface area (Å²) in [7, 11) is 1.44. The molecule has 0 radical (unpaired) electrons. The number of nitrogens with two attached hydrogens (primary N) is 2. The Bertz CT molecular complexity index is 1450. The van der Waals surface area contributed by atoms with Crippen molar-refractivity contribution in [2.75, 3.05) is 12.8 Å². The molecule has 1 fully saturated rings. The van der Waals surface area contributed by atoms with Gasteiger partial charge in [0, 0.05) is 41.8 Å². The zero-order valence-electron chi connectivity index (χ0n) is 21.3. The Hall–Kier alpha value is -3.35. The number of carbonyl (C=O) groups is 1. The second-order valence-electron chi connectivity index (χ2n) is 10.2. The maximum atomic E-state index is 12.5. The topological polar surface area (TPSA) is 198 Å². The van der Waals surface area contributed by atoms with Gasteiger partial charge in [0.05, 0.1) is 47.3 Å². The predicted octanol–water partition coefficient (Wildman–Crippen LogP) is 1.85. The van der Waals surface area contributed by atoms with Gasteiger partial charge in [0.1, 0.15) is 28.6 Å². The molecule has 3 aromatic rings. The fraction of sp³-hybridized carbons (Fsp3) is 0.444. The SMILES string of the molecule is COc1cccc2c(O)c3c(O)c4c(c(O)c3c(N)c12)[C@@H](O[C@H]1C[C@H](N)[C@H](O)[C@H](C)O1)C[C@](O)(C(C)=O)C4. The Morgan fingerprint density at radius 1 is 1.13 bits per heavy atom. The van der Waals surface area contributed by atoms with Gasteiger partial charge < -0.3 is 51.2 Å². The Morgan fingerprint density at radius 3 is 2.47 bits per heavy atom. The van der Waals surface area contributed by atoms with Crippen molar-refractivity contribution in [2.24, 2.45) is 5.73 Å². The highest BCUT2D eigenvalue weighted by molar-refractivity contribution is 6.20. The second-order valence-corrected chi connectivity index (χ2v) is 10.2. The first-order chi connectivity index (χ1) is 17.9. The molecular formula is C27H32N2O9. The molecule has 11 nitrogen and oxygen atoms in total. The van der Waals surface area contributed by atoms with Gasteiger partial charge in [-0.1, -0.05) is 12.1 Å². The van der Waals surface area contributed by atoms with E-state index in [1.165, 1.54) is 14.0 Å². The van der Waals surface area contributed by atoms with Crippen molar-refractivity contribution in [1.82, 2.24) is 0 Å². The van der Waals surface area contributed by atoms with E-state index < -0.39 is 47.8 Å². The van der Waals surface area contributed by atoms with Crippen molar-refractivity contribution in [3.63, 3.8) is 0 Å². The molecule has 1 heterocycles. The van der Waals surface area contributed by atoms with Gasteiger partial charge >= 0.3 is 0 Å². The number of nitrogen functional groups attached to an aromatic ring is 1. The molecule has 6 atom stereocenters. The van der Waals surface area contributed by atoms with Crippen molar-refractivity contribution in [2.45, 2.75) is 69.4 Å². The number of phenolic OH excluding ortho intramolecular Hbond substituents is 3. The molecule has 0 spiro atoms. The minimum Gasteiger partial charge on any atom is -0.507 e. The summed E-state index contributed by atoms with van der Waals surface area (Å²) in [6, 6.07) is 4.24. The van der Waals surface area contributed by atoms with E-state index in [0.717, 1.165) is 0 Å². The van der Waals surface area contributed by atoms with Crippen LogP contribution in [0.3, 0.4) is 0 Å². The number of aliphatic hydroxyl groups is 2. The van der Waals surface area contributed by atoms with Crippen LogP contribution in [0, 0.1) is 0 Å². The number of anilines is 1. The van der Waals surface area contributed by atoms with Crippen LogP contribution in [0.2, 0.25) is 0 Å². The number of ketones is 1. The summed E-state index contributed by atoms with van der Waals surface area (Å²) < 4.78 is 17.3. The molecule has 0 amide bonds. The number of Topliss-reactive ketones (excluding diaryl/α,β-unsaturated/α-hetero) is 1. The Labute approximate surface area is 218 Å². The summed E-state index contributed by atoms with van der Waals surface area (Å²) in [4.78, 5) is 12.5.